The number of aromatic nitrogens is 2. The van der Waals surface area contributed by atoms with Crippen LogP contribution in [0.5, 0.6) is 5.75 Å². The molecule has 10 heteroatoms. The molecule has 1 N–H and O–H groups in total. The van der Waals surface area contributed by atoms with Gasteiger partial charge in [0.05, 0.1) is 10.8 Å². The van der Waals surface area contributed by atoms with Crippen LogP contribution in [0.3, 0.4) is 0 Å². The lowest BCUT2D eigenvalue weighted by Crippen LogP contribution is -2.13. The molecule has 1 aromatic heterocycles. The van der Waals surface area contributed by atoms with Gasteiger partial charge in [-0.25, -0.2) is 0 Å². The number of halogens is 3. The van der Waals surface area contributed by atoms with Crippen LogP contribution in [-0.2, 0) is 11.4 Å². The predicted octanol–water partition coefficient (Wildman–Crippen LogP) is 5.81. The van der Waals surface area contributed by atoms with Crippen molar-refractivity contribution in [1.82, 2.24) is 10.2 Å². The molecule has 27 heavy (non-hydrogen) atoms. The van der Waals surface area contributed by atoms with Gasteiger partial charge in [-0.1, -0.05) is 57.9 Å². The molecule has 1 amide bonds. The highest BCUT2D eigenvalue weighted by atomic mass is 35.5. The number of anilines is 1. The van der Waals surface area contributed by atoms with Crippen LogP contribution in [0, 0.1) is 0 Å². The molecule has 140 valence electrons. The normalized spacial score (nSPS) is 10.6. The van der Waals surface area contributed by atoms with E-state index in [4.69, 9.17) is 39.5 Å². The molecule has 0 unspecified atom stereocenters. The largest absolute Gasteiger partial charge is 0.485 e. The minimum absolute atomic E-state index is 0.136. The van der Waals surface area contributed by atoms with Crippen LogP contribution in [0.4, 0.5) is 5.69 Å². The first-order chi connectivity index (χ1) is 13.0. The van der Waals surface area contributed by atoms with Gasteiger partial charge in [-0.05, 0) is 42.5 Å². The van der Waals surface area contributed by atoms with Gasteiger partial charge >= 0.3 is 0 Å². The molecule has 0 aliphatic carbocycles. The van der Waals surface area contributed by atoms with Crippen molar-refractivity contribution in [2.24, 2.45) is 0 Å². The highest BCUT2D eigenvalue weighted by molar-refractivity contribution is 8.01. The Balaban J connectivity index is 1.47. The standard InChI is InChI=1S/C17H12Cl3N3O2S2/c18-10-1-4-12(5-2-10)21-15(24)9-26-17-23-22-16(27-17)8-25-14-6-3-11(19)7-13(14)20/h1-7H,8-9H2,(H,21,24). The molecule has 0 radical (unpaired) electrons. The van der Waals surface area contributed by atoms with Crippen LogP contribution in [0.15, 0.2) is 46.8 Å². The first kappa shape index (κ1) is 20.2. The van der Waals surface area contributed by atoms with Gasteiger partial charge in [0.15, 0.2) is 9.35 Å². The zero-order valence-electron chi connectivity index (χ0n) is 13.6. The molecule has 5 nitrogen and oxygen atoms in total. The molecular weight excluding hydrogens is 449 g/mol. The number of hydrogen-bond acceptors (Lipinski definition) is 6. The fourth-order valence-electron chi connectivity index (χ4n) is 1.94. The van der Waals surface area contributed by atoms with E-state index in [1.54, 1.807) is 42.5 Å². The minimum atomic E-state index is -0.136. The number of nitrogens with zero attached hydrogens (tertiary/aromatic N) is 2. The average Bonchev–Trinajstić information content (AvgIpc) is 3.09. The smallest absolute Gasteiger partial charge is 0.234 e. The summed E-state index contributed by atoms with van der Waals surface area (Å²) >= 11 is 20.4. The van der Waals surface area contributed by atoms with Gasteiger partial charge in [-0.3, -0.25) is 4.79 Å². The second kappa shape index (κ2) is 9.61. The number of ether oxygens (including phenoxy) is 1. The SMILES string of the molecule is O=C(CSc1nnc(COc2ccc(Cl)cc2Cl)s1)Nc1ccc(Cl)cc1. The molecule has 0 fully saturated rings. The second-order valence-corrected chi connectivity index (χ2v) is 8.73. The third kappa shape index (κ3) is 6.26. The monoisotopic (exact) mass is 459 g/mol. The van der Waals surface area contributed by atoms with Gasteiger partial charge in [0, 0.05) is 15.7 Å². The van der Waals surface area contributed by atoms with E-state index in [0.717, 1.165) is 0 Å². The van der Waals surface area contributed by atoms with E-state index < -0.39 is 0 Å². The summed E-state index contributed by atoms with van der Waals surface area (Å²) < 4.78 is 6.31. The Morgan fingerprint density at radius 3 is 2.56 bits per heavy atom. The van der Waals surface area contributed by atoms with Crippen LogP contribution in [-0.4, -0.2) is 21.9 Å². The summed E-state index contributed by atoms with van der Waals surface area (Å²) in [6, 6.07) is 11.9. The van der Waals surface area contributed by atoms with E-state index >= 15 is 0 Å². The van der Waals surface area contributed by atoms with Crippen molar-refractivity contribution >= 4 is 69.5 Å². The Morgan fingerprint density at radius 1 is 1.07 bits per heavy atom. The van der Waals surface area contributed by atoms with Crippen molar-refractivity contribution < 1.29 is 9.53 Å². The number of benzene rings is 2. The minimum Gasteiger partial charge on any atom is -0.485 e. The number of thioether (sulfide) groups is 1. The maximum absolute atomic E-state index is 12.0. The Morgan fingerprint density at radius 2 is 1.81 bits per heavy atom. The van der Waals surface area contributed by atoms with Crippen molar-refractivity contribution in [3.63, 3.8) is 0 Å². The lowest BCUT2D eigenvalue weighted by molar-refractivity contribution is -0.113. The van der Waals surface area contributed by atoms with Gasteiger partial charge in [-0.15, -0.1) is 10.2 Å². The fraction of sp³-hybridized carbons (Fsp3) is 0.118. The first-order valence-electron chi connectivity index (χ1n) is 7.58. The van der Waals surface area contributed by atoms with Crippen molar-refractivity contribution in [1.29, 1.82) is 0 Å². The van der Waals surface area contributed by atoms with Gasteiger partial charge in [-0.2, -0.15) is 0 Å². The van der Waals surface area contributed by atoms with Crippen molar-refractivity contribution in [3.8, 4) is 5.75 Å². The number of carbonyl (C=O) groups is 1. The molecule has 2 aromatic carbocycles. The molecule has 0 spiro atoms. The fourth-order valence-corrected chi connectivity index (χ4v) is 4.14. The van der Waals surface area contributed by atoms with Gasteiger partial charge in [0.2, 0.25) is 5.91 Å². The predicted molar refractivity (Wildman–Crippen MR) is 112 cm³/mol. The van der Waals surface area contributed by atoms with Crippen LogP contribution in [0.1, 0.15) is 5.01 Å². The number of amides is 1. The van der Waals surface area contributed by atoms with Crippen molar-refractivity contribution in [3.05, 3.63) is 62.5 Å². The van der Waals surface area contributed by atoms with E-state index in [9.17, 15) is 4.79 Å². The molecule has 0 bridgehead atoms. The molecule has 3 aromatic rings. The molecule has 3 rings (SSSR count). The maximum atomic E-state index is 12.0. The van der Waals surface area contributed by atoms with Crippen LogP contribution < -0.4 is 10.1 Å². The third-order valence-electron chi connectivity index (χ3n) is 3.15. The average molecular weight is 461 g/mol. The number of carbonyl (C=O) groups excluding carboxylic acids is 1. The molecule has 0 aliphatic rings. The lowest BCUT2D eigenvalue weighted by Gasteiger charge is -2.05. The molecular formula is C17H12Cl3N3O2S2. The Labute approximate surface area is 179 Å². The van der Waals surface area contributed by atoms with Crippen molar-refractivity contribution in [2.45, 2.75) is 10.9 Å². The highest BCUT2D eigenvalue weighted by Gasteiger charge is 2.10. The van der Waals surface area contributed by atoms with E-state index in [1.165, 1.54) is 23.1 Å². The third-order valence-corrected chi connectivity index (χ3v) is 5.96. The zero-order valence-corrected chi connectivity index (χ0v) is 17.5. The number of nitrogens with one attached hydrogen (secondary N) is 1. The van der Waals surface area contributed by atoms with Crippen molar-refractivity contribution in [2.75, 3.05) is 11.1 Å². The molecule has 0 aliphatic heterocycles. The summed E-state index contributed by atoms with van der Waals surface area (Å²) in [5, 5.41) is 13.2. The van der Waals surface area contributed by atoms with E-state index in [-0.39, 0.29) is 18.3 Å². The van der Waals surface area contributed by atoms with Gasteiger partial charge in [0.25, 0.3) is 0 Å². The molecule has 0 saturated heterocycles. The zero-order chi connectivity index (χ0) is 19.2. The van der Waals surface area contributed by atoms with Crippen LogP contribution >= 0.6 is 57.9 Å². The van der Waals surface area contributed by atoms with Gasteiger partial charge < -0.3 is 10.1 Å². The lowest BCUT2D eigenvalue weighted by atomic mass is 10.3. The summed E-state index contributed by atoms with van der Waals surface area (Å²) in [6.45, 7) is 0.233. The maximum Gasteiger partial charge on any atom is 0.234 e. The Kier molecular flexibility index (Phi) is 7.20. The topological polar surface area (TPSA) is 64.1 Å². The summed E-state index contributed by atoms with van der Waals surface area (Å²) in [4.78, 5) is 12.0. The molecule has 0 saturated carbocycles. The molecule has 0 atom stereocenters. The van der Waals surface area contributed by atoms with Gasteiger partial charge in [0.1, 0.15) is 12.4 Å². The quantitative estimate of drug-likeness (QED) is 0.451. The first-order valence-corrected chi connectivity index (χ1v) is 10.5. The molecule has 1 heterocycles. The number of rotatable bonds is 7. The van der Waals surface area contributed by atoms with Crippen LogP contribution in [0.25, 0.3) is 0 Å². The number of hydrogen-bond donors (Lipinski definition) is 1. The van der Waals surface area contributed by atoms with Crippen LogP contribution in [0.2, 0.25) is 15.1 Å². The summed E-state index contributed by atoms with van der Waals surface area (Å²) in [5.74, 6) is 0.609. The summed E-state index contributed by atoms with van der Waals surface area (Å²) in [5.41, 5.74) is 0.691. The summed E-state index contributed by atoms with van der Waals surface area (Å²) in [6.07, 6.45) is 0. The Bertz CT molecular complexity index is 935. The second-order valence-electron chi connectivity index (χ2n) is 5.17. The highest BCUT2D eigenvalue weighted by Crippen LogP contribution is 2.29. The van der Waals surface area contributed by atoms with E-state index in [2.05, 4.69) is 15.5 Å². The summed E-state index contributed by atoms with van der Waals surface area (Å²) in [7, 11) is 0. The van der Waals surface area contributed by atoms with E-state index in [0.29, 0.717) is 35.9 Å². The Hall–Kier alpha value is -1.51. The van der Waals surface area contributed by atoms with E-state index in [1.807, 2.05) is 0 Å².